The van der Waals surface area contributed by atoms with Crippen LogP contribution in [-0.2, 0) is 0 Å². The average molecular weight is 377 g/mol. The normalized spacial score (nSPS) is 11.5. The third-order valence-corrected chi connectivity index (χ3v) is 6.56. The lowest BCUT2D eigenvalue weighted by molar-refractivity contribution is 1.27. The molecule has 0 saturated heterocycles. The van der Waals surface area contributed by atoms with E-state index >= 15 is 0 Å². The maximum Gasteiger partial charge on any atom is 0.133 e. The van der Waals surface area contributed by atoms with E-state index in [9.17, 15) is 0 Å². The number of rotatable bonds is 3. The van der Waals surface area contributed by atoms with Crippen LogP contribution in [0, 0.1) is 13.8 Å². The molecule has 4 nitrogen and oxygen atoms in total. The SMILES string of the molecule is Cc1csc(-c2cc3nccc(Nc4ccc5[nH]c(C)cc5c4)c3s2)n1. The lowest BCUT2D eigenvalue weighted by atomic mass is 10.2. The number of H-pyrrole nitrogens is 1. The second-order valence-corrected chi connectivity index (χ2v) is 8.27. The van der Waals surface area contributed by atoms with Crippen LogP contribution >= 0.6 is 22.7 Å². The maximum atomic E-state index is 4.60. The molecule has 0 saturated carbocycles. The van der Waals surface area contributed by atoms with Crippen LogP contribution in [0.3, 0.4) is 0 Å². The van der Waals surface area contributed by atoms with Crippen LogP contribution in [0.25, 0.3) is 31.0 Å². The first-order chi connectivity index (χ1) is 12.7. The number of thiazole rings is 1. The molecule has 4 heterocycles. The van der Waals surface area contributed by atoms with Gasteiger partial charge in [-0.25, -0.2) is 4.98 Å². The van der Waals surface area contributed by atoms with E-state index in [1.165, 1.54) is 11.1 Å². The van der Waals surface area contributed by atoms with Gasteiger partial charge in [0.2, 0.25) is 0 Å². The first-order valence-electron chi connectivity index (χ1n) is 8.33. The molecule has 0 aliphatic carbocycles. The van der Waals surface area contributed by atoms with Gasteiger partial charge in [-0.15, -0.1) is 22.7 Å². The molecule has 6 heteroatoms. The Morgan fingerprint density at radius 2 is 2.00 bits per heavy atom. The van der Waals surface area contributed by atoms with Crippen LogP contribution in [-0.4, -0.2) is 15.0 Å². The van der Waals surface area contributed by atoms with Crippen molar-refractivity contribution in [2.75, 3.05) is 5.32 Å². The molecule has 128 valence electrons. The minimum Gasteiger partial charge on any atom is -0.359 e. The van der Waals surface area contributed by atoms with Crippen molar-refractivity contribution >= 4 is 55.2 Å². The summed E-state index contributed by atoms with van der Waals surface area (Å²) in [7, 11) is 0. The fraction of sp³-hybridized carbons (Fsp3) is 0.100. The summed E-state index contributed by atoms with van der Waals surface area (Å²) in [5.41, 5.74) is 6.54. The number of hydrogen-bond acceptors (Lipinski definition) is 5. The Hall–Kier alpha value is -2.70. The molecule has 0 aliphatic heterocycles. The smallest absolute Gasteiger partial charge is 0.133 e. The molecule has 0 bridgehead atoms. The largest absolute Gasteiger partial charge is 0.359 e. The van der Waals surface area contributed by atoms with E-state index in [4.69, 9.17) is 0 Å². The summed E-state index contributed by atoms with van der Waals surface area (Å²) in [5, 5.41) is 7.91. The van der Waals surface area contributed by atoms with Gasteiger partial charge in [-0.05, 0) is 50.2 Å². The number of anilines is 2. The zero-order valence-electron chi connectivity index (χ0n) is 14.3. The lowest BCUT2D eigenvalue weighted by Crippen LogP contribution is -1.90. The van der Waals surface area contributed by atoms with Gasteiger partial charge in [-0.3, -0.25) is 4.98 Å². The monoisotopic (exact) mass is 376 g/mol. The minimum atomic E-state index is 1.00. The molecule has 0 radical (unpaired) electrons. The highest BCUT2D eigenvalue weighted by atomic mass is 32.1. The van der Waals surface area contributed by atoms with Gasteiger partial charge >= 0.3 is 0 Å². The van der Waals surface area contributed by atoms with Crippen LogP contribution < -0.4 is 5.32 Å². The van der Waals surface area contributed by atoms with E-state index in [1.807, 2.05) is 19.2 Å². The van der Waals surface area contributed by atoms with Crippen molar-refractivity contribution < 1.29 is 0 Å². The van der Waals surface area contributed by atoms with Gasteiger partial charge in [0.25, 0.3) is 0 Å². The number of aryl methyl sites for hydroxylation is 2. The Bertz CT molecular complexity index is 1250. The Balaban J connectivity index is 1.56. The highest BCUT2D eigenvalue weighted by Gasteiger charge is 2.12. The summed E-state index contributed by atoms with van der Waals surface area (Å²) in [4.78, 5) is 13.7. The molecular formula is C20H16N4S2. The number of aromatic amines is 1. The van der Waals surface area contributed by atoms with Gasteiger partial charge in [0, 0.05) is 39.6 Å². The number of thiophene rings is 1. The minimum absolute atomic E-state index is 1.00. The summed E-state index contributed by atoms with van der Waals surface area (Å²) < 4.78 is 1.15. The molecular weight excluding hydrogens is 360 g/mol. The number of hydrogen-bond donors (Lipinski definition) is 2. The number of benzene rings is 1. The van der Waals surface area contributed by atoms with Crippen LogP contribution in [0.15, 0.2) is 48.0 Å². The molecule has 26 heavy (non-hydrogen) atoms. The molecule has 0 aliphatic rings. The predicted octanol–water partition coefficient (Wildman–Crippen LogP) is 6.26. The fourth-order valence-corrected chi connectivity index (χ4v) is 5.06. The van der Waals surface area contributed by atoms with Gasteiger partial charge in [0.05, 0.1) is 20.8 Å². The van der Waals surface area contributed by atoms with Crippen LogP contribution in [0.1, 0.15) is 11.4 Å². The number of fused-ring (bicyclic) bond motifs is 2. The van der Waals surface area contributed by atoms with Crippen molar-refractivity contribution in [1.82, 2.24) is 15.0 Å². The van der Waals surface area contributed by atoms with Crippen molar-refractivity contribution in [3.05, 3.63) is 59.4 Å². The van der Waals surface area contributed by atoms with Crippen LogP contribution in [0.2, 0.25) is 0 Å². The third-order valence-electron chi connectivity index (χ3n) is 4.28. The third kappa shape index (κ3) is 2.67. The summed E-state index contributed by atoms with van der Waals surface area (Å²) in [5.74, 6) is 0. The molecule has 0 amide bonds. The van der Waals surface area contributed by atoms with Crippen LogP contribution in [0.4, 0.5) is 11.4 Å². The van der Waals surface area contributed by atoms with E-state index in [0.29, 0.717) is 0 Å². The van der Waals surface area contributed by atoms with E-state index < -0.39 is 0 Å². The Morgan fingerprint density at radius 3 is 2.85 bits per heavy atom. The number of nitrogens with one attached hydrogen (secondary N) is 2. The predicted molar refractivity (Wildman–Crippen MR) is 112 cm³/mol. The average Bonchev–Trinajstić information content (AvgIpc) is 3.31. The molecule has 4 aromatic heterocycles. The highest BCUT2D eigenvalue weighted by Crippen LogP contribution is 2.38. The Labute approximate surface area is 158 Å². The summed E-state index contributed by atoms with van der Waals surface area (Å²) in [6.45, 7) is 4.10. The van der Waals surface area contributed by atoms with Crippen molar-refractivity contribution in [3.8, 4) is 9.88 Å². The summed E-state index contributed by atoms with van der Waals surface area (Å²) in [6, 6.07) is 12.7. The van der Waals surface area contributed by atoms with Crippen molar-refractivity contribution in [1.29, 1.82) is 0 Å². The lowest BCUT2D eigenvalue weighted by Gasteiger charge is -2.07. The summed E-state index contributed by atoms with van der Waals surface area (Å²) in [6.07, 6.45) is 1.85. The zero-order chi connectivity index (χ0) is 17.7. The summed E-state index contributed by atoms with van der Waals surface area (Å²) >= 11 is 3.41. The standard InChI is InChI=1S/C20H16N4S2/c1-11-7-13-8-14(3-4-15(13)22-11)24-16-5-6-21-17-9-18(26-19(16)17)20-23-12(2)10-25-20/h3-10,22H,1-2H3,(H,21,24). The van der Waals surface area contributed by atoms with Gasteiger partial charge < -0.3 is 10.3 Å². The fourth-order valence-electron chi connectivity index (χ4n) is 3.12. The molecule has 1 aromatic carbocycles. The van der Waals surface area contributed by atoms with E-state index in [2.05, 4.69) is 62.9 Å². The molecule has 5 rings (SSSR count). The Morgan fingerprint density at radius 1 is 1.08 bits per heavy atom. The molecule has 0 fully saturated rings. The van der Waals surface area contributed by atoms with Gasteiger partial charge in [-0.1, -0.05) is 0 Å². The maximum absolute atomic E-state index is 4.60. The number of nitrogens with zero attached hydrogens (tertiary/aromatic N) is 2. The molecule has 5 aromatic rings. The van der Waals surface area contributed by atoms with Gasteiger partial charge in [-0.2, -0.15) is 0 Å². The number of aromatic nitrogens is 3. The molecule has 2 N–H and O–H groups in total. The second-order valence-electron chi connectivity index (χ2n) is 6.36. The Kier molecular flexibility index (Phi) is 3.55. The topological polar surface area (TPSA) is 53.6 Å². The van der Waals surface area contributed by atoms with Crippen LogP contribution in [0.5, 0.6) is 0 Å². The number of pyridine rings is 1. The van der Waals surface area contributed by atoms with Gasteiger partial charge in [0.15, 0.2) is 0 Å². The van der Waals surface area contributed by atoms with E-state index in [-0.39, 0.29) is 0 Å². The first-order valence-corrected chi connectivity index (χ1v) is 10.0. The quantitative estimate of drug-likeness (QED) is 0.391. The van der Waals surface area contributed by atoms with Gasteiger partial charge in [0.1, 0.15) is 5.01 Å². The van der Waals surface area contributed by atoms with Crippen molar-refractivity contribution in [2.24, 2.45) is 0 Å². The van der Waals surface area contributed by atoms with E-state index in [0.717, 1.165) is 42.7 Å². The molecule has 0 unspecified atom stereocenters. The zero-order valence-corrected chi connectivity index (χ0v) is 16.0. The first kappa shape index (κ1) is 15.5. The second kappa shape index (κ2) is 5.93. The van der Waals surface area contributed by atoms with Crippen molar-refractivity contribution in [2.45, 2.75) is 13.8 Å². The molecule has 0 atom stereocenters. The van der Waals surface area contributed by atoms with Crippen molar-refractivity contribution in [3.63, 3.8) is 0 Å². The highest BCUT2D eigenvalue weighted by molar-refractivity contribution is 7.25. The van der Waals surface area contributed by atoms with E-state index in [1.54, 1.807) is 22.7 Å². The molecule has 0 spiro atoms.